The highest BCUT2D eigenvalue weighted by Crippen LogP contribution is 2.27. The van der Waals surface area contributed by atoms with Gasteiger partial charge < -0.3 is 9.64 Å². The van der Waals surface area contributed by atoms with Crippen LogP contribution in [0.1, 0.15) is 28.9 Å². The van der Waals surface area contributed by atoms with Gasteiger partial charge in [-0.25, -0.2) is 8.42 Å². The van der Waals surface area contributed by atoms with Crippen molar-refractivity contribution in [3.8, 4) is 5.75 Å². The molecule has 1 unspecified atom stereocenters. The first-order valence-corrected chi connectivity index (χ1v) is 11.4. The largest absolute Gasteiger partial charge is 0.495 e. The topological polar surface area (TPSA) is 119 Å². The lowest BCUT2D eigenvalue weighted by atomic mass is 10.1. The Balaban J connectivity index is 1.78. The number of nitrogens with one attached hydrogen (secondary N) is 1. The second kappa shape index (κ2) is 9.70. The van der Waals surface area contributed by atoms with Gasteiger partial charge in [0.25, 0.3) is 21.6 Å². The van der Waals surface area contributed by atoms with Crippen molar-refractivity contribution in [1.29, 1.82) is 0 Å². The standard InChI is InChI=1S/C23H23N3O6S/c1-16(18-7-6-8-19(15-18)26(28)29)25(2)23(27)17-11-13-20(14-12-17)33(30,31)24-21-9-4-5-10-22(21)32-3/h4-16,24H,1-3H3. The molecule has 0 bridgehead atoms. The van der Waals surface area contributed by atoms with E-state index in [1.54, 1.807) is 50.4 Å². The van der Waals surface area contributed by atoms with Crippen molar-refractivity contribution in [2.24, 2.45) is 0 Å². The van der Waals surface area contributed by atoms with Crippen LogP contribution in [0.15, 0.2) is 77.7 Å². The van der Waals surface area contributed by atoms with E-state index in [1.165, 1.54) is 48.4 Å². The molecule has 3 aromatic carbocycles. The van der Waals surface area contributed by atoms with Crippen LogP contribution < -0.4 is 9.46 Å². The summed E-state index contributed by atoms with van der Waals surface area (Å²) in [6.07, 6.45) is 0. The highest BCUT2D eigenvalue weighted by Gasteiger charge is 2.22. The minimum absolute atomic E-state index is 0.0145. The number of rotatable bonds is 8. The van der Waals surface area contributed by atoms with Crippen LogP contribution in [-0.4, -0.2) is 38.3 Å². The fourth-order valence-electron chi connectivity index (χ4n) is 3.21. The minimum atomic E-state index is -3.90. The van der Waals surface area contributed by atoms with Crippen molar-refractivity contribution in [1.82, 2.24) is 4.90 Å². The molecular formula is C23H23N3O6S. The number of nitro benzene ring substituents is 1. The molecule has 0 aromatic heterocycles. The number of para-hydroxylation sites is 2. The van der Waals surface area contributed by atoms with E-state index in [9.17, 15) is 23.3 Å². The molecule has 0 fully saturated rings. The van der Waals surface area contributed by atoms with Crippen molar-refractivity contribution in [2.45, 2.75) is 17.9 Å². The Morgan fingerprint density at radius 2 is 1.73 bits per heavy atom. The highest BCUT2D eigenvalue weighted by molar-refractivity contribution is 7.92. The Morgan fingerprint density at radius 3 is 2.36 bits per heavy atom. The average molecular weight is 470 g/mol. The summed E-state index contributed by atoms with van der Waals surface area (Å²) < 4.78 is 33.1. The second-order valence-corrected chi connectivity index (χ2v) is 8.96. The number of carbonyl (C=O) groups excluding carboxylic acids is 1. The number of sulfonamides is 1. The van der Waals surface area contributed by atoms with Crippen LogP contribution in [-0.2, 0) is 10.0 Å². The molecular weight excluding hydrogens is 446 g/mol. The Morgan fingerprint density at radius 1 is 1.06 bits per heavy atom. The van der Waals surface area contributed by atoms with E-state index in [0.717, 1.165) is 0 Å². The predicted molar refractivity (Wildman–Crippen MR) is 124 cm³/mol. The maximum atomic E-state index is 12.9. The second-order valence-electron chi connectivity index (χ2n) is 7.27. The molecule has 1 N–H and O–H groups in total. The number of carbonyl (C=O) groups is 1. The van der Waals surface area contributed by atoms with E-state index < -0.39 is 21.0 Å². The molecule has 1 amide bonds. The van der Waals surface area contributed by atoms with Gasteiger partial charge in [0.05, 0.1) is 28.7 Å². The van der Waals surface area contributed by atoms with Crippen molar-refractivity contribution in [3.63, 3.8) is 0 Å². The smallest absolute Gasteiger partial charge is 0.269 e. The maximum Gasteiger partial charge on any atom is 0.269 e. The predicted octanol–water partition coefficient (Wildman–Crippen LogP) is 4.24. The fourth-order valence-corrected chi connectivity index (χ4v) is 4.28. The number of hydrogen-bond donors (Lipinski definition) is 1. The highest BCUT2D eigenvalue weighted by atomic mass is 32.2. The zero-order chi connectivity index (χ0) is 24.2. The van der Waals surface area contributed by atoms with Gasteiger partial charge >= 0.3 is 0 Å². The summed E-state index contributed by atoms with van der Waals surface area (Å²) in [6, 6.07) is 17.8. The van der Waals surface area contributed by atoms with Crippen molar-refractivity contribution in [2.75, 3.05) is 18.9 Å². The lowest BCUT2D eigenvalue weighted by molar-refractivity contribution is -0.384. The summed E-state index contributed by atoms with van der Waals surface area (Å²) in [5.74, 6) is 0.0280. The average Bonchev–Trinajstić information content (AvgIpc) is 2.83. The van der Waals surface area contributed by atoms with E-state index in [4.69, 9.17) is 4.74 Å². The van der Waals surface area contributed by atoms with Gasteiger partial charge in [-0.3, -0.25) is 19.6 Å². The van der Waals surface area contributed by atoms with Gasteiger partial charge in [0.1, 0.15) is 5.75 Å². The summed E-state index contributed by atoms with van der Waals surface area (Å²) in [7, 11) is -0.873. The molecule has 10 heteroatoms. The molecule has 0 radical (unpaired) electrons. The van der Waals surface area contributed by atoms with E-state index in [1.807, 2.05) is 0 Å². The normalized spacial score (nSPS) is 12.0. The number of ether oxygens (including phenoxy) is 1. The Labute approximate surface area is 191 Å². The number of methoxy groups -OCH3 is 1. The summed E-state index contributed by atoms with van der Waals surface area (Å²) in [5.41, 5.74) is 1.13. The SMILES string of the molecule is COc1ccccc1NS(=O)(=O)c1ccc(C(=O)N(C)C(C)c2cccc([N+](=O)[O-])c2)cc1. The monoisotopic (exact) mass is 469 g/mol. The van der Waals surface area contributed by atoms with Gasteiger partial charge in [-0.1, -0.05) is 24.3 Å². The first-order valence-electron chi connectivity index (χ1n) is 9.91. The molecule has 0 spiro atoms. The number of benzene rings is 3. The maximum absolute atomic E-state index is 12.9. The minimum Gasteiger partial charge on any atom is -0.495 e. The molecule has 3 rings (SSSR count). The summed E-state index contributed by atoms with van der Waals surface area (Å²) >= 11 is 0. The number of nitro groups is 1. The molecule has 9 nitrogen and oxygen atoms in total. The van der Waals surface area contributed by atoms with Crippen LogP contribution in [0, 0.1) is 10.1 Å². The number of amides is 1. The van der Waals surface area contributed by atoms with Crippen LogP contribution >= 0.6 is 0 Å². The molecule has 172 valence electrons. The van der Waals surface area contributed by atoms with Crippen LogP contribution in [0.2, 0.25) is 0 Å². The molecule has 0 saturated carbocycles. The molecule has 3 aromatic rings. The van der Waals surface area contributed by atoms with Gasteiger partial charge in [0.15, 0.2) is 0 Å². The van der Waals surface area contributed by atoms with Gasteiger partial charge in [0, 0.05) is 24.7 Å². The third kappa shape index (κ3) is 5.29. The van der Waals surface area contributed by atoms with E-state index in [0.29, 0.717) is 17.0 Å². The van der Waals surface area contributed by atoms with Crippen LogP contribution in [0.5, 0.6) is 5.75 Å². The summed E-state index contributed by atoms with van der Waals surface area (Å²) in [4.78, 5) is 24.9. The zero-order valence-electron chi connectivity index (χ0n) is 18.3. The van der Waals surface area contributed by atoms with Crippen LogP contribution in [0.4, 0.5) is 11.4 Å². The third-order valence-corrected chi connectivity index (χ3v) is 6.61. The van der Waals surface area contributed by atoms with E-state index in [2.05, 4.69) is 4.72 Å². The third-order valence-electron chi connectivity index (χ3n) is 5.23. The molecule has 0 aliphatic carbocycles. The van der Waals surface area contributed by atoms with Crippen molar-refractivity contribution in [3.05, 3.63) is 94.0 Å². The molecule has 0 saturated heterocycles. The Hall–Kier alpha value is -3.92. The van der Waals surface area contributed by atoms with Gasteiger partial charge in [-0.15, -0.1) is 0 Å². The number of non-ortho nitro benzene ring substituents is 1. The van der Waals surface area contributed by atoms with E-state index in [-0.39, 0.29) is 22.1 Å². The number of nitrogens with zero attached hydrogens (tertiary/aromatic N) is 2. The molecule has 0 aliphatic heterocycles. The molecule has 1 atom stereocenters. The number of hydrogen-bond acceptors (Lipinski definition) is 6. The van der Waals surface area contributed by atoms with Crippen molar-refractivity contribution >= 4 is 27.3 Å². The molecule has 0 heterocycles. The van der Waals surface area contributed by atoms with Gasteiger partial charge in [-0.05, 0) is 48.9 Å². The molecule has 33 heavy (non-hydrogen) atoms. The van der Waals surface area contributed by atoms with E-state index >= 15 is 0 Å². The lowest BCUT2D eigenvalue weighted by Crippen LogP contribution is -2.29. The van der Waals surface area contributed by atoms with Gasteiger partial charge in [0.2, 0.25) is 0 Å². The van der Waals surface area contributed by atoms with Crippen LogP contribution in [0.25, 0.3) is 0 Å². The lowest BCUT2D eigenvalue weighted by Gasteiger charge is -2.25. The molecule has 0 aliphatic rings. The zero-order valence-corrected chi connectivity index (χ0v) is 19.1. The first-order chi connectivity index (χ1) is 15.6. The van der Waals surface area contributed by atoms with Crippen LogP contribution in [0.3, 0.4) is 0 Å². The first kappa shape index (κ1) is 23.7. The van der Waals surface area contributed by atoms with Gasteiger partial charge in [-0.2, -0.15) is 0 Å². The Kier molecular flexibility index (Phi) is 6.98. The summed E-state index contributed by atoms with van der Waals surface area (Å²) in [5, 5.41) is 11.0. The quantitative estimate of drug-likeness (QED) is 0.389. The Bertz CT molecular complexity index is 1280. The van der Waals surface area contributed by atoms with Crippen molar-refractivity contribution < 1.29 is 22.9 Å². The fraction of sp³-hybridized carbons (Fsp3) is 0.174. The number of anilines is 1. The summed E-state index contributed by atoms with van der Waals surface area (Å²) in [6.45, 7) is 1.76.